The molecule has 0 saturated heterocycles. The maximum Gasteiger partial charge on any atom is 0.417 e. The van der Waals surface area contributed by atoms with Crippen LogP contribution in [0.4, 0.5) is 18.0 Å². The highest BCUT2D eigenvalue weighted by molar-refractivity contribution is 5.86. The van der Waals surface area contributed by atoms with Gasteiger partial charge in [-0.05, 0) is 11.1 Å². The highest BCUT2D eigenvalue weighted by Gasteiger charge is 2.72. The molecular formula is C21H20F3NO5. The number of hydrogen-bond acceptors (Lipinski definition) is 4. The number of nitrogens with one attached hydrogen (secondary N) is 1. The zero-order valence-corrected chi connectivity index (χ0v) is 15.8. The van der Waals surface area contributed by atoms with E-state index in [2.05, 4.69) is 5.32 Å². The van der Waals surface area contributed by atoms with E-state index in [1.807, 2.05) is 0 Å². The van der Waals surface area contributed by atoms with E-state index in [0.717, 1.165) is 0 Å². The third-order valence-corrected chi connectivity index (χ3v) is 5.01. The Morgan fingerprint density at radius 1 is 0.933 bits per heavy atom. The number of halogens is 3. The van der Waals surface area contributed by atoms with Crippen molar-refractivity contribution < 1.29 is 37.3 Å². The van der Waals surface area contributed by atoms with Crippen LogP contribution in [-0.4, -0.2) is 34.5 Å². The lowest BCUT2D eigenvalue weighted by atomic mass is 9.64. The number of benzene rings is 2. The Bertz CT molecular complexity index is 881. The molecule has 0 aromatic heterocycles. The summed E-state index contributed by atoms with van der Waals surface area (Å²) < 4.78 is 51.2. The minimum atomic E-state index is -4.81. The second-order valence-corrected chi connectivity index (χ2v) is 7.19. The lowest BCUT2D eigenvalue weighted by Gasteiger charge is -2.53. The number of hydrogen-bond donors (Lipinski definition) is 2. The first-order valence-electron chi connectivity index (χ1n) is 9.13. The molecule has 3 rings (SSSR count). The summed E-state index contributed by atoms with van der Waals surface area (Å²) in [4.78, 5) is 23.8. The van der Waals surface area contributed by atoms with Gasteiger partial charge in [0.05, 0.1) is 6.61 Å². The molecule has 160 valence electrons. The van der Waals surface area contributed by atoms with E-state index in [-0.39, 0.29) is 13.2 Å². The number of carboxylic acid groups (broad SMARTS) is 1. The molecule has 0 radical (unpaired) electrons. The molecule has 0 aliphatic heterocycles. The molecule has 0 unspecified atom stereocenters. The van der Waals surface area contributed by atoms with Crippen LogP contribution in [0.2, 0.25) is 0 Å². The summed E-state index contributed by atoms with van der Waals surface area (Å²) in [6.45, 7) is -0.480. The number of carbonyl (C=O) groups is 2. The quantitative estimate of drug-likeness (QED) is 0.702. The van der Waals surface area contributed by atoms with E-state index in [4.69, 9.17) is 9.47 Å². The summed E-state index contributed by atoms with van der Waals surface area (Å²) >= 11 is 0. The Balaban J connectivity index is 1.66. The second-order valence-electron chi connectivity index (χ2n) is 7.19. The number of rotatable bonds is 7. The summed E-state index contributed by atoms with van der Waals surface area (Å²) in [6, 6.07) is 16.8. The van der Waals surface area contributed by atoms with Crippen LogP contribution in [0.5, 0.6) is 0 Å². The first-order valence-corrected chi connectivity index (χ1v) is 9.13. The molecule has 6 nitrogen and oxygen atoms in total. The van der Waals surface area contributed by atoms with Gasteiger partial charge in [0.1, 0.15) is 12.1 Å². The van der Waals surface area contributed by atoms with Gasteiger partial charge in [-0.2, -0.15) is 13.2 Å². The molecule has 30 heavy (non-hydrogen) atoms. The summed E-state index contributed by atoms with van der Waals surface area (Å²) in [5.74, 6) is -1.58. The summed E-state index contributed by atoms with van der Waals surface area (Å²) in [7, 11) is 0. The van der Waals surface area contributed by atoms with Gasteiger partial charge >= 0.3 is 18.2 Å². The number of ether oxygens (including phenoxy) is 2. The lowest BCUT2D eigenvalue weighted by molar-refractivity contribution is -0.323. The summed E-state index contributed by atoms with van der Waals surface area (Å²) in [5, 5.41) is 11.6. The number of carboxylic acids is 1. The van der Waals surface area contributed by atoms with Crippen LogP contribution in [-0.2, 0) is 27.5 Å². The predicted octanol–water partition coefficient (Wildman–Crippen LogP) is 4.05. The number of alkyl halides is 3. The van der Waals surface area contributed by atoms with Crippen molar-refractivity contribution in [2.45, 2.75) is 43.4 Å². The van der Waals surface area contributed by atoms with Crippen molar-refractivity contribution in [2.75, 3.05) is 0 Å². The van der Waals surface area contributed by atoms with E-state index in [9.17, 15) is 27.9 Å². The highest BCUT2D eigenvalue weighted by Crippen LogP contribution is 2.54. The molecule has 1 amide bonds. The van der Waals surface area contributed by atoms with Crippen molar-refractivity contribution in [1.29, 1.82) is 0 Å². The van der Waals surface area contributed by atoms with Crippen LogP contribution < -0.4 is 5.32 Å². The van der Waals surface area contributed by atoms with Crippen molar-refractivity contribution in [1.82, 2.24) is 5.32 Å². The predicted molar refractivity (Wildman–Crippen MR) is 99.4 cm³/mol. The molecule has 2 N–H and O–H groups in total. The third kappa shape index (κ3) is 4.56. The van der Waals surface area contributed by atoms with Crippen molar-refractivity contribution >= 4 is 12.1 Å². The second kappa shape index (κ2) is 8.35. The fourth-order valence-corrected chi connectivity index (χ4v) is 3.35. The minimum absolute atomic E-state index is 0.142. The zero-order valence-electron chi connectivity index (χ0n) is 15.8. The molecule has 1 aliphatic carbocycles. The Morgan fingerprint density at radius 3 is 1.90 bits per heavy atom. The Hall–Kier alpha value is -3.07. The van der Waals surface area contributed by atoms with Gasteiger partial charge < -0.3 is 19.9 Å². The highest BCUT2D eigenvalue weighted by atomic mass is 19.4. The summed E-state index contributed by atoms with van der Waals surface area (Å²) in [5.41, 5.74) is -3.63. The molecule has 0 bridgehead atoms. The van der Waals surface area contributed by atoms with Crippen LogP contribution in [0.3, 0.4) is 0 Å². The molecule has 2 aromatic rings. The Kier molecular flexibility index (Phi) is 6.02. The Morgan fingerprint density at radius 2 is 1.43 bits per heavy atom. The van der Waals surface area contributed by atoms with E-state index < -0.39 is 42.2 Å². The zero-order chi connectivity index (χ0) is 21.8. The smallest absolute Gasteiger partial charge is 0.417 e. The molecule has 0 atom stereocenters. The Labute approximate surface area is 170 Å². The van der Waals surface area contributed by atoms with Crippen molar-refractivity contribution in [3.63, 3.8) is 0 Å². The van der Waals surface area contributed by atoms with Gasteiger partial charge in [0.25, 0.3) is 0 Å². The normalized spacial score (nSPS) is 23.3. The molecule has 1 aliphatic rings. The SMILES string of the molecule is O=C(NC1(C(=O)O)CC(OCc2ccccc2)(C(F)(F)F)C1)OCc1ccccc1. The molecule has 9 heteroatoms. The van der Waals surface area contributed by atoms with Gasteiger partial charge in [0.15, 0.2) is 5.60 Å². The number of aliphatic carboxylic acids is 1. The molecule has 2 aromatic carbocycles. The van der Waals surface area contributed by atoms with E-state index in [1.54, 1.807) is 60.7 Å². The van der Waals surface area contributed by atoms with Crippen molar-refractivity contribution in [3.8, 4) is 0 Å². The lowest BCUT2D eigenvalue weighted by Crippen LogP contribution is -2.74. The molecule has 0 heterocycles. The minimum Gasteiger partial charge on any atom is -0.479 e. The van der Waals surface area contributed by atoms with Gasteiger partial charge in [-0.1, -0.05) is 60.7 Å². The van der Waals surface area contributed by atoms with E-state index in [0.29, 0.717) is 11.1 Å². The number of amides is 1. The van der Waals surface area contributed by atoms with Gasteiger partial charge in [0, 0.05) is 12.8 Å². The van der Waals surface area contributed by atoms with Crippen LogP contribution >= 0.6 is 0 Å². The van der Waals surface area contributed by atoms with Crippen LogP contribution in [0.1, 0.15) is 24.0 Å². The first kappa shape index (κ1) is 21.6. The topological polar surface area (TPSA) is 84.9 Å². The average molecular weight is 423 g/mol. The van der Waals surface area contributed by atoms with Gasteiger partial charge in [-0.25, -0.2) is 9.59 Å². The van der Waals surface area contributed by atoms with Crippen LogP contribution in [0, 0.1) is 0 Å². The first-order chi connectivity index (χ1) is 14.2. The van der Waals surface area contributed by atoms with Gasteiger partial charge in [-0.15, -0.1) is 0 Å². The monoisotopic (exact) mass is 423 g/mol. The maximum atomic E-state index is 13.7. The van der Waals surface area contributed by atoms with Crippen molar-refractivity contribution in [2.24, 2.45) is 0 Å². The summed E-state index contributed by atoms with van der Waals surface area (Å²) in [6.07, 6.45) is -7.82. The van der Waals surface area contributed by atoms with Gasteiger partial charge in [0.2, 0.25) is 0 Å². The van der Waals surface area contributed by atoms with E-state index in [1.165, 1.54) is 0 Å². The average Bonchev–Trinajstić information content (AvgIpc) is 2.68. The largest absolute Gasteiger partial charge is 0.479 e. The van der Waals surface area contributed by atoms with Crippen molar-refractivity contribution in [3.05, 3.63) is 71.8 Å². The van der Waals surface area contributed by atoms with Gasteiger partial charge in [-0.3, -0.25) is 0 Å². The maximum absolute atomic E-state index is 13.7. The van der Waals surface area contributed by atoms with Crippen LogP contribution in [0.25, 0.3) is 0 Å². The number of carbonyl (C=O) groups excluding carboxylic acids is 1. The standard InChI is InChI=1S/C21H20F3NO5/c22-21(23,24)20(30-12-16-9-5-2-6-10-16)13-19(14-20,17(26)27)25-18(28)29-11-15-7-3-1-4-8-15/h1-10H,11-14H2,(H,25,28)(H,26,27). The fourth-order valence-electron chi connectivity index (χ4n) is 3.35. The molecular weight excluding hydrogens is 403 g/mol. The number of alkyl carbamates (subject to hydrolysis) is 1. The van der Waals surface area contributed by atoms with Crippen LogP contribution in [0.15, 0.2) is 60.7 Å². The third-order valence-electron chi connectivity index (χ3n) is 5.01. The molecule has 1 fully saturated rings. The molecule has 0 spiro atoms. The van der Waals surface area contributed by atoms with E-state index >= 15 is 0 Å². The molecule has 1 saturated carbocycles. The fraction of sp³-hybridized carbons (Fsp3) is 0.333.